The van der Waals surface area contributed by atoms with Gasteiger partial charge in [-0.2, -0.15) is 0 Å². The summed E-state index contributed by atoms with van der Waals surface area (Å²) in [6.07, 6.45) is 9.91. The Balaban J connectivity index is 0.996. The minimum atomic E-state index is 0.342. The average molecular weight is 651 g/mol. The zero-order chi connectivity index (χ0) is 32.8. The normalized spacial score (nSPS) is 22.6. The van der Waals surface area contributed by atoms with E-state index in [1.807, 2.05) is 66.7 Å². The number of benzene rings is 5. The number of hydrogen-bond donors (Lipinski definition) is 0. The summed E-state index contributed by atoms with van der Waals surface area (Å²) >= 11 is 0. The number of rotatable bonds is 5. The van der Waals surface area contributed by atoms with Crippen LogP contribution in [0.15, 0.2) is 124 Å². The molecule has 6 nitrogen and oxygen atoms in total. The van der Waals surface area contributed by atoms with Crippen molar-refractivity contribution in [3.8, 4) is 45.3 Å². The average Bonchev–Trinajstić information content (AvgIpc) is 3.79. The van der Waals surface area contributed by atoms with Crippen LogP contribution < -0.4 is 0 Å². The lowest BCUT2D eigenvalue weighted by Gasteiger charge is -2.57. The summed E-state index contributed by atoms with van der Waals surface area (Å²) in [6, 6.07) is 37.7. The Hall–Kier alpha value is -5.62. The molecule has 6 heteroatoms. The summed E-state index contributed by atoms with van der Waals surface area (Å²) in [5.41, 5.74) is 9.68. The summed E-state index contributed by atoms with van der Waals surface area (Å²) < 4.78 is 12.7. The zero-order valence-electron chi connectivity index (χ0n) is 27.5. The Morgan fingerprint density at radius 1 is 0.540 bits per heavy atom. The van der Waals surface area contributed by atoms with Crippen molar-refractivity contribution in [1.29, 1.82) is 0 Å². The first-order valence-electron chi connectivity index (χ1n) is 17.9. The van der Waals surface area contributed by atoms with Crippen molar-refractivity contribution >= 4 is 33.0 Å². The molecule has 8 aromatic rings. The predicted octanol–water partition coefficient (Wildman–Crippen LogP) is 11.0. The van der Waals surface area contributed by atoms with Crippen LogP contribution in [-0.2, 0) is 5.41 Å². The van der Waals surface area contributed by atoms with E-state index in [1.54, 1.807) is 0 Å². The summed E-state index contributed by atoms with van der Waals surface area (Å²) in [7, 11) is 0. The lowest BCUT2D eigenvalue weighted by atomic mass is 9.48. The van der Waals surface area contributed by atoms with Gasteiger partial charge in [0.2, 0.25) is 0 Å². The van der Waals surface area contributed by atoms with E-state index in [2.05, 4.69) is 47.4 Å². The monoisotopic (exact) mass is 650 g/mol. The third-order valence-electron chi connectivity index (χ3n) is 11.9. The Morgan fingerprint density at radius 3 is 1.78 bits per heavy atom. The van der Waals surface area contributed by atoms with Crippen LogP contribution in [0.4, 0.5) is 0 Å². The van der Waals surface area contributed by atoms with Gasteiger partial charge in [0, 0.05) is 33.0 Å². The van der Waals surface area contributed by atoms with Crippen molar-refractivity contribution in [3.05, 3.63) is 121 Å². The number of furan rings is 1. The van der Waals surface area contributed by atoms with Crippen LogP contribution in [0.5, 0.6) is 0 Å². The van der Waals surface area contributed by atoms with Crippen molar-refractivity contribution in [2.75, 3.05) is 0 Å². The second kappa shape index (κ2) is 10.7. The molecule has 0 atom stereocenters. The van der Waals surface area contributed by atoms with Crippen LogP contribution in [0, 0.1) is 17.8 Å². The first-order chi connectivity index (χ1) is 24.7. The zero-order valence-corrected chi connectivity index (χ0v) is 27.5. The predicted molar refractivity (Wildman–Crippen MR) is 196 cm³/mol. The van der Waals surface area contributed by atoms with E-state index in [4.69, 9.17) is 23.8 Å². The molecule has 0 saturated heterocycles. The summed E-state index contributed by atoms with van der Waals surface area (Å²) in [5.74, 6) is 4.50. The lowest BCUT2D eigenvalue weighted by molar-refractivity contribution is -0.00515. The van der Waals surface area contributed by atoms with Crippen molar-refractivity contribution in [2.24, 2.45) is 17.8 Å². The van der Waals surface area contributed by atoms with E-state index in [0.717, 1.165) is 62.1 Å². The Kier molecular flexibility index (Phi) is 6.04. The van der Waals surface area contributed by atoms with Gasteiger partial charge in [-0.3, -0.25) is 0 Å². The third kappa shape index (κ3) is 4.40. The summed E-state index contributed by atoms with van der Waals surface area (Å²) in [5, 5.41) is 2.32. The van der Waals surface area contributed by atoms with Crippen LogP contribution in [0.3, 0.4) is 0 Å². The molecule has 4 fully saturated rings. The largest absolute Gasteiger partial charge is 0.456 e. The van der Waals surface area contributed by atoms with E-state index in [0.29, 0.717) is 34.0 Å². The van der Waals surface area contributed by atoms with E-state index in [9.17, 15) is 0 Å². The van der Waals surface area contributed by atoms with Crippen molar-refractivity contribution in [2.45, 2.75) is 43.9 Å². The standard InChI is InChI=1S/C44H34N4O2/c1-3-7-29(8-4-1)41-46-42(30-9-5-2-6-10-30)48-43(47-41)36-16-15-33(40-39(36)45-25-49-40)31-11-13-34-35-14-12-32(21-38(35)50-37(34)20-31)44-22-26-17-27(23-44)19-28(18-26)24-44/h1-16,20-21,25-28H,17-19,22-24H2. The number of hydrogen-bond acceptors (Lipinski definition) is 6. The van der Waals surface area contributed by atoms with E-state index in [1.165, 1.54) is 55.9 Å². The van der Waals surface area contributed by atoms with Crippen molar-refractivity contribution in [3.63, 3.8) is 0 Å². The molecule has 12 rings (SSSR count). The maximum atomic E-state index is 6.64. The van der Waals surface area contributed by atoms with Crippen molar-refractivity contribution < 1.29 is 8.83 Å². The minimum absolute atomic E-state index is 0.342. The van der Waals surface area contributed by atoms with Gasteiger partial charge < -0.3 is 8.83 Å². The molecule has 0 N–H and O–H groups in total. The van der Waals surface area contributed by atoms with Crippen LogP contribution in [0.25, 0.3) is 78.3 Å². The maximum absolute atomic E-state index is 6.64. The van der Waals surface area contributed by atoms with Gasteiger partial charge in [0.05, 0.1) is 0 Å². The quantitative estimate of drug-likeness (QED) is 0.184. The SMILES string of the molecule is c1ccc(-c2nc(-c3ccccc3)nc(-c3ccc(-c4ccc5c(c4)oc4cc(C67CC8CC(CC(C8)C6)C7)ccc45)c4ocnc34)n2)cc1. The molecule has 5 aromatic carbocycles. The van der Waals surface area contributed by atoms with Crippen LogP contribution in [0.1, 0.15) is 44.1 Å². The Morgan fingerprint density at radius 2 is 1.12 bits per heavy atom. The second-order valence-electron chi connectivity index (χ2n) is 15.0. The molecule has 0 radical (unpaired) electrons. The van der Waals surface area contributed by atoms with Gasteiger partial charge in [-0.1, -0.05) is 78.9 Å². The highest BCUT2D eigenvalue weighted by molar-refractivity contribution is 6.07. The number of aromatic nitrogens is 4. The van der Waals surface area contributed by atoms with E-state index >= 15 is 0 Å². The molecule has 242 valence electrons. The molecule has 4 bridgehead atoms. The maximum Gasteiger partial charge on any atom is 0.182 e. The smallest absolute Gasteiger partial charge is 0.182 e. The lowest BCUT2D eigenvalue weighted by Crippen LogP contribution is -2.48. The molecule has 3 heterocycles. The second-order valence-corrected chi connectivity index (χ2v) is 15.0. The highest BCUT2D eigenvalue weighted by atomic mass is 16.3. The Labute approximate surface area is 289 Å². The molecule has 4 aliphatic rings. The molecule has 0 unspecified atom stereocenters. The summed E-state index contributed by atoms with van der Waals surface area (Å²) in [4.78, 5) is 19.4. The van der Waals surface area contributed by atoms with E-state index in [-0.39, 0.29) is 0 Å². The minimum Gasteiger partial charge on any atom is -0.456 e. The fraction of sp³-hybridized carbons (Fsp3) is 0.227. The molecule has 0 spiro atoms. The first-order valence-corrected chi connectivity index (χ1v) is 17.9. The first kappa shape index (κ1) is 28.2. The molecule has 4 aliphatic carbocycles. The molecule has 50 heavy (non-hydrogen) atoms. The number of fused-ring (bicyclic) bond motifs is 4. The highest BCUT2D eigenvalue weighted by Crippen LogP contribution is 2.61. The summed E-state index contributed by atoms with van der Waals surface area (Å²) in [6.45, 7) is 0. The molecule has 4 saturated carbocycles. The highest BCUT2D eigenvalue weighted by Gasteiger charge is 2.51. The van der Waals surface area contributed by atoms with Crippen molar-refractivity contribution in [1.82, 2.24) is 19.9 Å². The number of nitrogens with zero attached hydrogens (tertiary/aromatic N) is 4. The van der Waals surface area contributed by atoms with Gasteiger partial charge in [0.25, 0.3) is 0 Å². The van der Waals surface area contributed by atoms with Gasteiger partial charge in [-0.05, 0) is 103 Å². The van der Waals surface area contributed by atoms with Crippen LogP contribution in [-0.4, -0.2) is 19.9 Å². The van der Waals surface area contributed by atoms with Gasteiger partial charge in [-0.25, -0.2) is 19.9 Å². The fourth-order valence-electron chi connectivity index (χ4n) is 10.0. The van der Waals surface area contributed by atoms with Gasteiger partial charge in [0.15, 0.2) is 29.4 Å². The molecular formula is C44H34N4O2. The third-order valence-corrected chi connectivity index (χ3v) is 11.9. The number of oxazole rings is 1. The molecular weight excluding hydrogens is 617 g/mol. The Bertz CT molecular complexity index is 2490. The topological polar surface area (TPSA) is 77.8 Å². The molecule has 3 aromatic heterocycles. The van der Waals surface area contributed by atoms with Gasteiger partial charge in [-0.15, -0.1) is 0 Å². The van der Waals surface area contributed by atoms with Crippen LogP contribution >= 0.6 is 0 Å². The van der Waals surface area contributed by atoms with Gasteiger partial charge in [0.1, 0.15) is 16.7 Å². The van der Waals surface area contributed by atoms with Gasteiger partial charge >= 0.3 is 0 Å². The van der Waals surface area contributed by atoms with E-state index < -0.39 is 0 Å². The molecule has 0 aliphatic heterocycles. The fourth-order valence-corrected chi connectivity index (χ4v) is 10.0. The van der Waals surface area contributed by atoms with Crippen LogP contribution in [0.2, 0.25) is 0 Å². The molecule has 0 amide bonds.